The first-order chi connectivity index (χ1) is 8.74. The highest BCUT2D eigenvalue weighted by Gasteiger charge is 2.17. The molecule has 2 N–H and O–H groups in total. The third kappa shape index (κ3) is 4.05. The lowest BCUT2D eigenvalue weighted by molar-refractivity contribution is -0.117. The molecule has 1 aliphatic rings. The number of hydrogen-bond acceptors (Lipinski definition) is 5. The van der Waals surface area contributed by atoms with Crippen LogP contribution in [0.3, 0.4) is 0 Å². The predicted molar refractivity (Wildman–Crippen MR) is 67.0 cm³/mol. The highest BCUT2D eigenvalue weighted by molar-refractivity contribution is 5.91. The van der Waals surface area contributed by atoms with Gasteiger partial charge in [0.1, 0.15) is 0 Å². The quantitative estimate of drug-likeness (QED) is 0.804. The van der Waals surface area contributed by atoms with Gasteiger partial charge >= 0.3 is 0 Å². The molecule has 1 aromatic rings. The van der Waals surface area contributed by atoms with Crippen LogP contribution in [0.15, 0.2) is 18.6 Å². The maximum atomic E-state index is 11.8. The maximum absolute atomic E-state index is 11.8. The molecule has 6 nitrogen and oxygen atoms in total. The van der Waals surface area contributed by atoms with Gasteiger partial charge in [-0.15, -0.1) is 0 Å². The maximum Gasteiger partial charge on any atom is 0.239 e. The number of likely N-dealkylation sites (tertiary alicyclic amines) is 1. The van der Waals surface area contributed by atoms with Crippen molar-refractivity contribution < 1.29 is 9.90 Å². The zero-order chi connectivity index (χ0) is 12.8. The van der Waals surface area contributed by atoms with E-state index in [0.717, 1.165) is 32.4 Å². The van der Waals surface area contributed by atoms with Crippen LogP contribution in [-0.2, 0) is 4.79 Å². The first-order valence-corrected chi connectivity index (χ1v) is 6.20. The van der Waals surface area contributed by atoms with E-state index in [1.54, 1.807) is 6.20 Å². The molecular formula is C12H18N4O2. The molecule has 1 unspecified atom stereocenters. The Morgan fingerprint density at radius 1 is 1.44 bits per heavy atom. The Kier molecular flexibility index (Phi) is 4.60. The minimum absolute atomic E-state index is 0.0908. The van der Waals surface area contributed by atoms with Crippen molar-refractivity contribution in [1.29, 1.82) is 0 Å². The number of anilines is 1. The van der Waals surface area contributed by atoms with Crippen LogP contribution in [0.5, 0.6) is 0 Å². The fourth-order valence-corrected chi connectivity index (χ4v) is 2.05. The fraction of sp³-hybridized carbons (Fsp3) is 0.583. The van der Waals surface area contributed by atoms with Crippen molar-refractivity contribution in [3.05, 3.63) is 18.6 Å². The van der Waals surface area contributed by atoms with E-state index in [9.17, 15) is 9.90 Å². The minimum Gasteiger partial charge on any atom is -0.393 e. The topological polar surface area (TPSA) is 78.4 Å². The van der Waals surface area contributed by atoms with Gasteiger partial charge in [-0.3, -0.25) is 14.7 Å². The molecule has 0 saturated carbocycles. The summed E-state index contributed by atoms with van der Waals surface area (Å²) in [5, 5.41) is 12.2. The van der Waals surface area contributed by atoms with Gasteiger partial charge in [0.05, 0.1) is 18.8 Å². The van der Waals surface area contributed by atoms with Crippen molar-refractivity contribution >= 4 is 11.7 Å². The number of nitrogens with zero attached hydrogens (tertiary/aromatic N) is 3. The van der Waals surface area contributed by atoms with Crippen molar-refractivity contribution in [3.8, 4) is 0 Å². The summed E-state index contributed by atoms with van der Waals surface area (Å²) in [5.41, 5.74) is 0. The lowest BCUT2D eigenvalue weighted by Gasteiger charge is -2.18. The zero-order valence-electron chi connectivity index (χ0n) is 10.2. The summed E-state index contributed by atoms with van der Waals surface area (Å²) in [6, 6.07) is 0. The second-order valence-electron chi connectivity index (χ2n) is 4.50. The van der Waals surface area contributed by atoms with E-state index >= 15 is 0 Å². The van der Waals surface area contributed by atoms with Crippen LogP contribution >= 0.6 is 0 Å². The van der Waals surface area contributed by atoms with E-state index in [-0.39, 0.29) is 12.0 Å². The average Bonchev–Trinajstić information content (AvgIpc) is 2.56. The highest BCUT2D eigenvalue weighted by Crippen LogP contribution is 2.10. The van der Waals surface area contributed by atoms with Crippen molar-refractivity contribution in [2.24, 2.45) is 0 Å². The number of hydrogen-bond donors (Lipinski definition) is 2. The van der Waals surface area contributed by atoms with Crippen LogP contribution in [-0.4, -0.2) is 51.6 Å². The van der Waals surface area contributed by atoms with Gasteiger partial charge in [-0.2, -0.15) is 0 Å². The number of carbonyl (C=O) groups excluding carboxylic acids is 1. The Labute approximate surface area is 106 Å². The Morgan fingerprint density at radius 2 is 2.33 bits per heavy atom. The van der Waals surface area contributed by atoms with E-state index in [2.05, 4.69) is 20.2 Å². The number of aromatic nitrogens is 2. The van der Waals surface area contributed by atoms with E-state index in [4.69, 9.17) is 0 Å². The molecule has 1 amide bonds. The van der Waals surface area contributed by atoms with Gasteiger partial charge in [-0.05, 0) is 25.8 Å². The third-order valence-electron chi connectivity index (χ3n) is 2.99. The molecule has 1 aromatic heterocycles. The molecule has 1 saturated heterocycles. The second-order valence-corrected chi connectivity index (χ2v) is 4.50. The van der Waals surface area contributed by atoms with E-state index < -0.39 is 0 Å². The van der Waals surface area contributed by atoms with Gasteiger partial charge in [0.2, 0.25) is 5.91 Å². The zero-order valence-corrected chi connectivity index (χ0v) is 10.2. The Bertz CT molecular complexity index is 385. The van der Waals surface area contributed by atoms with Crippen LogP contribution < -0.4 is 5.32 Å². The van der Waals surface area contributed by atoms with Gasteiger partial charge in [0, 0.05) is 18.9 Å². The van der Waals surface area contributed by atoms with Crippen molar-refractivity contribution in [1.82, 2.24) is 14.9 Å². The van der Waals surface area contributed by atoms with Gasteiger partial charge in [-0.1, -0.05) is 0 Å². The van der Waals surface area contributed by atoms with Crippen LogP contribution in [0, 0.1) is 0 Å². The van der Waals surface area contributed by atoms with Crippen LogP contribution in [0.4, 0.5) is 5.82 Å². The molecule has 0 spiro atoms. The number of aliphatic hydroxyl groups is 1. The third-order valence-corrected chi connectivity index (χ3v) is 2.99. The minimum atomic E-state index is -0.224. The van der Waals surface area contributed by atoms with Crippen molar-refractivity contribution in [2.75, 3.05) is 25.0 Å². The summed E-state index contributed by atoms with van der Waals surface area (Å²) in [7, 11) is 0. The second kappa shape index (κ2) is 6.42. The lowest BCUT2D eigenvalue weighted by atomic mass is 10.2. The first kappa shape index (κ1) is 12.9. The molecule has 0 radical (unpaired) electrons. The van der Waals surface area contributed by atoms with Crippen LogP contribution in [0.1, 0.15) is 19.3 Å². The summed E-state index contributed by atoms with van der Waals surface area (Å²) in [4.78, 5) is 21.7. The molecule has 2 rings (SSSR count). The molecule has 6 heteroatoms. The highest BCUT2D eigenvalue weighted by atomic mass is 16.3. The molecule has 18 heavy (non-hydrogen) atoms. The molecule has 2 heterocycles. The van der Waals surface area contributed by atoms with Gasteiger partial charge in [0.25, 0.3) is 0 Å². The average molecular weight is 250 g/mol. The summed E-state index contributed by atoms with van der Waals surface area (Å²) in [6.07, 6.45) is 6.88. The summed E-state index contributed by atoms with van der Waals surface area (Å²) in [6.45, 7) is 1.95. The Balaban J connectivity index is 1.80. The number of aliphatic hydroxyl groups excluding tert-OH is 1. The van der Waals surface area contributed by atoms with Gasteiger partial charge < -0.3 is 10.4 Å². The summed E-state index contributed by atoms with van der Waals surface area (Å²) in [5.74, 6) is 0.379. The molecule has 1 fully saturated rings. The van der Waals surface area contributed by atoms with Crippen molar-refractivity contribution in [3.63, 3.8) is 0 Å². The van der Waals surface area contributed by atoms with Gasteiger partial charge in [0.15, 0.2) is 5.82 Å². The molecule has 0 aromatic carbocycles. The summed E-state index contributed by atoms with van der Waals surface area (Å²) >= 11 is 0. The number of amides is 1. The molecular weight excluding hydrogens is 232 g/mol. The normalized spacial score (nSPS) is 21.3. The number of rotatable bonds is 3. The van der Waals surface area contributed by atoms with E-state index in [0.29, 0.717) is 12.4 Å². The summed E-state index contributed by atoms with van der Waals surface area (Å²) < 4.78 is 0. The molecule has 1 aliphatic heterocycles. The fourth-order valence-electron chi connectivity index (χ4n) is 2.05. The first-order valence-electron chi connectivity index (χ1n) is 6.20. The standard InChI is InChI=1S/C12H18N4O2/c17-10-2-1-6-16(7-3-10)9-12(18)15-11-8-13-4-5-14-11/h4-5,8,10,17H,1-3,6-7,9H2,(H,14,15,18). The van der Waals surface area contributed by atoms with Crippen LogP contribution in [0.25, 0.3) is 0 Å². The van der Waals surface area contributed by atoms with Gasteiger partial charge in [-0.25, -0.2) is 4.98 Å². The Hall–Kier alpha value is -1.53. The lowest BCUT2D eigenvalue weighted by Crippen LogP contribution is -2.34. The molecule has 98 valence electrons. The van der Waals surface area contributed by atoms with E-state index in [1.165, 1.54) is 12.4 Å². The monoisotopic (exact) mass is 250 g/mol. The van der Waals surface area contributed by atoms with Crippen LogP contribution in [0.2, 0.25) is 0 Å². The van der Waals surface area contributed by atoms with E-state index in [1.807, 2.05) is 0 Å². The predicted octanol–water partition coefficient (Wildman–Crippen LogP) is 0.262. The smallest absolute Gasteiger partial charge is 0.239 e. The number of nitrogens with one attached hydrogen (secondary N) is 1. The Morgan fingerprint density at radius 3 is 3.11 bits per heavy atom. The number of carbonyl (C=O) groups is 1. The largest absolute Gasteiger partial charge is 0.393 e. The molecule has 0 aliphatic carbocycles. The molecule has 0 bridgehead atoms. The molecule has 1 atom stereocenters. The SMILES string of the molecule is O=C(CN1CCCC(O)CC1)Nc1cnccn1. The van der Waals surface area contributed by atoms with Crippen molar-refractivity contribution in [2.45, 2.75) is 25.4 Å².